The van der Waals surface area contributed by atoms with Gasteiger partial charge in [-0.1, -0.05) is 18.2 Å². The van der Waals surface area contributed by atoms with Crippen LogP contribution < -0.4 is 10.6 Å². The fourth-order valence-electron chi connectivity index (χ4n) is 2.10. The minimum absolute atomic E-state index is 0.00518. The molecule has 0 saturated heterocycles. The van der Waals surface area contributed by atoms with Crippen LogP contribution in [-0.2, 0) is 4.79 Å². The van der Waals surface area contributed by atoms with Gasteiger partial charge in [-0.2, -0.15) is 0 Å². The Labute approximate surface area is 101 Å². The van der Waals surface area contributed by atoms with Crippen molar-refractivity contribution >= 4 is 11.6 Å². The van der Waals surface area contributed by atoms with Gasteiger partial charge in [-0.3, -0.25) is 4.79 Å². The van der Waals surface area contributed by atoms with Crippen LogP contribution in [0.3, 0.4) is 0 Å². The van der Waals surface area contributed by atoms with Crippen LogP contribution >= 0.6 is 0 Å². The lowest BCUT2D eigenvalue weighted by molar-refractivity contribution is -0.121. The summed E-state index contributed by atoms with van der Waals surface area (Å²) in [5.74, 6) is 0.231. The van der Waals surface area contributed by atoms with E-state index in [1.807, 2.05) is 18.2 Å². The second-order valence-corrected chi connectivity index (χ2v) is 4.52. The number of aliphatic hydroxyl groups is 1. The Morgan fingerprint density at radius 3 is 3.12 bits per heavy atom. The molecular weight excluding hydrogens is 216 g/mol. The third-order valence-electron chi connectivity index (χ3n) is 2.97. The molecule has 0 bridgehead atoms. The normalized spacial score (nSPS) is 19.3. The van der Waals surface area contributed by atoms with Crippen molar-refractivity contribution in [3.05, 3.63) is 29.8 Å². The Morgan fingerprint density at radius 1 is 1.59 bits per heavy atom. The minimum atomic E-state index is -0.493. The molecule has 17 heavy (non-hydrogen) atoms. The third kappa shape index (κ3) is 2.97. The first kappa shape index (κ1) is 11.9. The maximum atomic E-state index is 11.7. The zero-order chi connectivity index (χ0) is 12.3. The number of aliphatic hydroxyl groups excluding tert-OH is 1. The summed E-state index contributed by atoms with van der Waals surface area (Å²) in [6, 6.07) is 8.07. The van der Waals surface area contributed by atoms with Crippen molar-refractivity contribution < 1.29 is 9.90 Å². The van der Waals surface area contributed by atoms with E-state index < -0.39 is 6.10 Å². The van der Waals surface area contributed by atoms with Gasteiger partial charge in [0.1, 0.15) is 0 Å². The van der Waals surface area contributed by atoms with E-state index in [1.54, 1.807) is 6.92 Å². The SMILES string of the molecule is C[C@@H](O)CNC(=O)CC1CNc2ccccc21. The van der Waals surface area contributed by atoms with E-state index in [4.69, 9.17) is 5.11 Å². The maximum absolute atomic E-state index is 11.7. The van der Waals surface area contributed by atoms with Crippen molar-refractivity contribution in [1.82, 2.24) is 5.32 Å². The number of para-hydroxylation sites is 1. The van der Waals surface area contributed by atoms with Crippen molar-refractivity contribution in [3.8, 4) is 0 Å². The summed E-state index contributed by atoms with van der Waals surface area (Å²) in [5, 5.41) is 15.1. The highest BCUT2D eigenvalue weighted by atomic mass is 16.3. The standard InChI is InChI=1S/C13H18N2O2/c1-9(16)7-15-13(17)6-10-8-14-12-5-3-2-4-11(10)12/h2-5,9-10,14,16H,6-8H2,1H3,(H,15,17)/t9-,10?/m1/s1. The summed E-state index contributed by atoms with van der Waals surface area (Å²) in [5.41, 5.74) is 2.33. The number of hydrogen-bond donors (Lipinski definition) is 3. The van der Waals surface area contributed by atoms with Crippen LogP contribution in [0.25, 0.3) is 0 Å². The zero-order valence-electron chi connectivity index (χ0n) is 9.94. The summed E-state index contributed by atoms with van der Waals surface area (Å²) >= 11 is 0. The maximum Gasteiger partial charge on any atom is 0.220 e. The minimum Gasteiger partial charge on any atom is -0.392 e. The lowest BCUT2D eigenvalue weighted by Crippen LogP contribution is -2.31. The number of hydrogen-bond acceptors (Lipinski definition) is 3. The molecule has 0 spiro atoms. The van der Waals surface area contributed by atoms with Crippen LogP contribution in [0.2, 0.25) is 0 Å². The van der Waals surface area contributed by atoms with Crippen LogP contribution in [0.1, 0.15) is 24.8 Å². The molecule has 1 aliphatic rings. The number of amides is 1. The highest BCUT2D eigenvalue weighted by Gasteiger charge is 2.23. The molecule has 1 aromatic rings. The van der Waals surface area contributed by atoms with Crippen molar-refractivity contribution in [3.63, 3.8) is 0 Å². The summed E-state index contributed by atoms with van der Waals surface area (Å²) in [7, 11) is 0. The summed E-state index contributed by atoms with van der Waals surface area (Å²) in [6.45, 7) is 2.79. The molecule has 0 aromatic heterocycles. The first-order valence-electron chi connectivity index (χ1n) is 5.94. The predicted octanol–water partition coefficient (Wildman–Crippen LogP) is 1.08. The van der Waals surface area contributed by atoms with E-state index in [9.17, 15) is 4.79 Å². The molecular formula is C13H18N2O2. The van der Waals surface area contributed by atoms with Gasteiger partial charge in [0, 0.05) is 31.1 Å². The molecule has 4 nitrogen and oxygen atoms in total. The molecule has 0 fully saturated rings. The van der Waals surface area contributed by atoms with Crippen molar-refractivity contribution in [2.24, 2.45) is 0 Å². The first-order valence-corrected chi connectivity index (χ1v) is 5.94. The Balaban J connectivity index is 1.91. The molecule has 2 rings (SSSR count). The molecule has 1 heterocycles. The topological polar surface area (TPSA) is 61.4 Å². The second-order valence-electron chi connectivity index (χ2n) is 4.52. The van der Waals surface area contributed by atoms with E-state index in [0.717, 1.165) is 12.2 Å². The molecule has 4 heteroatoms. The van der Waals surface area contributed by atoms with Crippen LogP contribution in [0.4, 0.5) is 5.69 Å². The molecule has 0 aliphatic carbocycles. The highest BCUT2D eigenvalue weighted by Crippen LogP contribution is 2.32. The largest absolute Gasteiger partial charge is 0.392 e. The summed E-state index contributed by atoms with van der Waals surface area (Å²) in [6.07, 6.45) is -0.0237. The van der Waals surface area contributed by atoms with Gasteiger partial charge in [0.25, 0.3) is 0 Å². The number of carbonyl (C=O) groups excluding carboxylic acids is 1. The van der Waals surface area contributed by atoms with E-state index in [2.05, 4.69) is 16.7 Å². The third-order valence-corrected chi connectivity index (χ3v) is 2.97. The van der Waals surface area contributed by atoms with Gasteiger partial charge in [-0.25, -0.2) is 0 Å². The second kappa shape index (κ2) is 5.19. The van der Waals surface area contributed by atoms with Crippen LogP contribution in [0, 0.1) is 0 Å². The zero-order valence-corrected chi connectivity index (χ0v) is 9.94. The molecule has 2 atom stereocenters. The summed E-state index contributed by atoms with van der Waals surface area (Å²) in [4.78, 5) is 11.7. The molecule has 1 aromatic carbocycles. The molecule has 1 aliphatic heterocycles. The Morgan fingerprint density at radius 2 is 2.35 bits per heavy atom. The Hall–Kier alpha value is -1.55. The van der Waals surface area contributed by atoms with Gasteiger partial charge >= 0.3 is 0 Å². The van der Waals surface area contributed by atoms with Gasteiger partial charge in [-0.05, 0) is 18.6 Å². The van der Waals surface area contributed by atoms with Gasteiger partial charge in [0.15, 0.2) is 0 Å². The Bertz CT molecular complexity index is 404. The molecule has 3 N–H and O–H groups in total. The van der Waals surface area contributed by atoms with E-state index in [0.29, 0.717) is 13.0 Å². The molecule has 0 radical (unpaired) electrons. The quantitative estimate of drug-likeness (QED) is 0.730. The average Bonchev–Trinajstić information content (AvgIpc) is 2.70. The highest BCUT2D eigenvalue weighted by molar-refractivity contribution is 5.78. The van der Waals surface area contributed by atoms with Crippen LogP contribution in [0.5, 0.6) is 0 Å². The molecule has 92 valence electrons. The van der Waals surface area contributed by atoms with E-state index >= 15 is 0 Å². The van der Waals surface area contributed by atoms with Crippen molar-refractivity contribution in [1.29, 1.82) is 0 Å². The molecule has 0 saturated carbocycles. The monoisotopic (exact) mass is 234 g/mol. The van der Waals surface area contributed by atoms with E-state index in [-0.39, 0.29) is 11.8 Å². The predicted molar refractivity (Wildman–Crippen MR) is 67.0 cm³/mol. The van der Waals surface area contributed by atoms with Gasteiger partial charge in [0.05, 0.1) is 6.10 Å². The smallest absolute Gasteiger partial charge is 0.220 e. The average molecular weight is 234 g/mol. The lowest BCUT2D eigenvalue weighted by Gasteiger charge is -2.11. The van der Waals surface area contributed by atoms with Crippen molar-refractivity contribution in [2.45, 2.75) is 25.4 Å². The number of benzene rings is 1. The number of fused-ring (bicyclic) bond motifs is 1. The lowest BCUT2D eigenvalue weighted by atomic mass is 9.97. The van der Waals surface area contributed by atoms with Gasteiger partial charge < -0.3 is 15.7 Å². The van der Waals surface area contributed by atoms with Crippen molar-refractivity contribution in [2.75, 3.05) is 18.4 Å². The van der Waals surface area contributed by atoms with Gasteiger partial charge in [-0.15, -0.1) is 0 Å². The van der Waals surface area contributed by atoms with Crippen LogP contribution in [0.15, 0.2) is 24.3 Å². The fraction of sp³-hybridized carbons (Fsp3) is 0.462. The van der Waals surface area contributed by atoms with Gasteiger partial charge in [0.2, 0.25) is 5.91 Å². The number of rotatable bonds is 4. The number of carbonyl (C=O) groups is 1. The fourth-order valence-corrected chi connectivity index (χ4v) is 2.10. The Kier molecular flexibility index (Phi) is 3.64. The number of nitrogens with one attached hydrogen (secondary N) is 2. The molecule has 1 amide bonds. The first-order chi connectivity index (χ1) is 8.16. The van der Waals surface area contributed by atoms with E-state index in [1.165, 1.54) is 5.56 Å². The number of anilines is 1. The van der Waals surface area contributed by atoms with Crippen LogP contribution in [-0.4, -0.2) is 30.2 Å². The molecule has 1 unspecified atom stereocenters. The summed E-state index contributed by atoms with van der Waals surface area (Å²) < 4.78 is 0.